The van der Waals surface area contributed by atoms with E-state index in [2.05, 4.69) is 10.6 Å². The molecule has 0 heterocycles. The molecular formula is C26H40N2O14. The van der Waals surface area contributed by atoms with Crippen LogP contribution in [0.4, 0.5) is 0 Å². The van der Waals surface area contributed by atoms with E-state index in [4.69, 9.17) is 28.4 Å². The molecule has 0 aliphatic carbocycles. The normalized spacial score (nSPS) is 10.8. The first-order valence-corrected chi connectivity index (χ1v) is 12.9. The molecule has 0 bridgehead atoms. The van der Waals surface area contributed by atoms with Crippen molar-refractivity contribution in [3.8, 4) is 0 Å². The van der Waals surface area contributed by atoms with Crippen LogP contribution in [0, 0.1) is 11.8 Å². The van der Waals surface area contributed by atoms with E-state index in [1.807, 2.05) is 0 Å². The predicted octanol–water partition coefficient (Wildman–Crippen LogP) is -0.651. The number of esters is 6. The zero-order valence-electron chi connectivity index (χ0n) is 24.7. The van der Waals surface area contributed by atoms with Crippen LogP contribution in [0.3, 0.4) is 0 Å². The molecule has 0 aliphatic heterocycles. The number of rotatable bonds is 19. The lowest BCUT2D eigenvalue weighted by atomic mass is 10.1. The third-order valence-electron chi connectivity index (χ3n) is 4.87. The van der Waals surface area contributed by atoms with E-state index < -0.39 is 78.2 Å². The molecule has 0 aromatic heterocycles. The smallest absolute Gasteiger partial charge is 0.326 e. The molecule has 2 amide bonds. The summed E-state index contributed by atoms with van der Waals surface area (Å²) in [6.07, 6.45) is -0.397. The van der Waals surface area contributed by atoms with Crippen molar-refractivity contribution in [2.75, 3.05) is 46.1 Å². The summed E-state index contributed by atoms with van der Waals surface area (Å²) in [5.41, 5.74) is -1.28. The molecule has 16 nitrogen and oxygen atoms in total. The summed E-state index contributed by atoms with van der Waals surface area (Å²) in [5.74, 6) is -6.36. The highest BCUT2D eigenvalue weighted by atomic mass is 16.6. The Kier molecular flexibility index (Phi) is 17.8. The largest absolute Gasteiger partial charge is 0.465 e. The number of carbonyl (C=O) groups excluding carboxylic acids is 8. The van der Waals surface area contributed by atoms with E-state index in [1.165, 1.54) is 41.5 Å². The Balaban J connectivity index is 4.56. The first-order valence-electron chi connectivity index (χ1n) is 12.9. The Hall–Kier alpha value is -4.24. The van der Waals surface area contributed by atoms with E-state index >= 15 is 0 Å². The molecule has 0 rings (SSSR count). The molecule has 0 aliphatic rings. The molecule has 0 aromatic rings. The van der Waals surface area contributed by atoms with Crippen LogP contribution in [0.15, 0.2) is 0 Å². The van der Waals surface area contributed by atoms with Crippen molar-refractivity contribution in [2.45, 2.75) is 60.0 Å². The van der Waals surface area contributed by atoms with Gasteiger partial charge in [0.1, 0.15) is 25.3 Å². The van der Waals surface area contributed by atoms with Gasteiger partial charge >= 0.3 is 35.8 Å². The fourth-order valence-electron chi connectivity index (χ4n) is 2.96. The summed E-state index contributed by atoms with van der Waals surface area (Å²) < 4.78 is 29.7. The summed E-state index contributed by atoms with van der Waals surface area (Å²) >= 11 is 0. The molecule has 0 saturated heterocycles. The van der Waals surface area contributed by atoms with Crippen molar-refractivity contribution in [3.05, 3.63) is 0 Å². The van der Waals surface area contributed by atoms with Crippen LogP contribution in [-0.2, 0) is 66.8 Å². The van der Waals surface area contributed by atoms with Gasteiger partial charge in [0, 0.05) is 52.4 Å². The van der Waals surface area contributed by atoms with Gasteiger partial charge in [0.15, 0.2) is 0 Å². The lowest BCUT2D eigenvalue weighted by Gasteiger charge is -2.25. The van der Waals surface area contributed by atoms with Gasteiger partial charge in [-0.3, -0.25) is 38.4 Å². The topological polar surface area (TPSA) is 216 Å². The summed E-state index contributed by atoms with van der Waals surface area (Å²) in [7, 11) is 0. The fourth-order valence-corrected chi connectivity index (χ4v) is 2.96. The summed E-state index contributed by atoms with van der Waals surface area (Å²) in [6.45, 7) is 5.64. The van der Waals surface area contributed by atoms with Gasteiger partial charge in [-0.1, -0.05) is 0 Å². The Bertz CT molecular complexity index is 942. The Labute approximate surface area is 243 Å². The lowest BCUT2D eigenvalue weighted by molar-refractivity contribution is -0.167. The molecule has 0 spiro atoms. The zero-order valence-corrected chi connectivity index (χ0v) is 24.7. The second-order valence-corrected chi connectivity index (χ2v) is 9.80. The number of ether oxygens (including phenoxy) is 6. The number of carbonyl (C=O) groups is 8. The maximum absolute atomic E-state index is 12.2. The molecule has 238 valence electrons. The van der Waals surface area contributed by atoms with E-state index in [1.54, 1.807) is 0 Å². The third kappa shape index (κ3) is 21.6. The molecule has 0 atom stereocenters. The molecule has 0 radical (unpaired) electrons. The molecule has 0 aromatic carbocycles. The molecule has 0 unspecified atom stereocenters. The standard InChI is InChI=1S/C26H40N2O14/c1-16(29)37-11-20(12-38-17(2)30)7-22(33)27-9-24(35)41-15-26(5,6)42-25(36)10-28-23(34)8-21(13-39-18(3)31)14-40-19(4)32/h20-21H,7-15H2,1-6H3,(H,27,33)(H,28,34). The van der Waals surface area contributed by atoms with Crippen molar-refractivity contribution in [2.24, 2.45) is 11.8 Å². The molecular weight excluding hydrogens is 564 g/mol. The average molecular weight is 605 g/mol. The SMILES string of the molecule is CC(=O)OCC(COC(C)=O)CC(=O)NCC(=O)OCC(C)(C)OC(=O)CNC(=O)CC(COC(C)=O)COC(C)=O. The van der Waals surface area contributed by atoms with Crippen molar-refractivity contribution >= 4 is 47.6 Å². The van der Waals surface area contributed by atoms with Crippen LogP contribution in [0.2, 0.25) is 0 Å². The molecule has 2 N–H and O–H groups in total. The number of amides is 2. The Morgan fingerprint density at radius 1 is 0.548 bits per heavy atom. The van der Waals surface area contributed by atoms with Gasteiger partial charge in [-0.15, -0.1) is 0 Å². The Morgan fingerprint density at radius 3 is 1.21 bits per heavy atom. The van der Waals surface area contributed by atoms with Crippen LogP contribution in [0.5, 0.6) is 0 Å². The lowest BCUT2D eigenvalue weighted by Crippen LogP contribution is -2.40. The van der Waals surface area contributed by atoms with E-state index in [-0.39, 0.29) is 45.9 Å². The van der Waals surface area contributed by atoms with Crippen LogP contribution < -0.4 is 10.6 Å². The van der Waals surface area contributed by atoms with Crippen molar-refractivity contribution < 1.29 is 66.8 Å². The highest BCUT2D eigenvalue weighted by Crippen LogP contribution is 2.11. The van der Waals surface area contributed by atoms with Crippen LogP contribution in [0.25, 0.3) is 0 Å². The fraction of sp³-hybridized carbons (Fsp3) is 0.692. The third-order valence-corrected chi connectivity index (χ3v) is 4.87. The van der Waals surface area contributed by atoms with E-state index in [0.29, 0.717) is 0 Å². The predicted molar refractivity (Wildman–Crippen MR) is 140 cm³/mol. The van der Waals surface area contributed by atoms with Gasteiger partial charge in [-0.05, 0) is 13.8 Å². The highest BCUT2D eigenvalue weighted by Gasteiger charge is 2.26. The molecule has 42 heavy (non-hydrogen) atoms. The number of hydrogen-bond acceptors (Lipinski definition) is 14. The minimum Gasteiger partial charge on any atom is -0.465 e. The summed E-state index contributed by atoms with van der Waals surface area (Å²) in [5, 5.41) is 4.69. The van der Waals surface area contributed by atoms with Crippen LogP contribution >= 0.6 is 0 Å². The molecule has 16 heteroatoms. The number of hydrogen-bond donors (Lipinski definition) is 2. The van der Waals surface area contributed by atoms with E-state index in [0.717, 1.165) is 0 Å². The second-order valence-electron chi connectivity index (χ2n) is 9.80. The maximum Gasteiger partial charge on any atom is 0.326 e. The summed E-state index contributed by atoms with van der Waals surface area (Å²) in [6, 6.07) is 0. The maximum atomic E-state index is 12.2. The molecule has 0 fully saturated rings. The van der Waals surface area contributed by atoms with Gasteiger partial charge in [-0.25, -0.2) is 0 Å². The van der Waals surface area contributed by atoms with Crippen molar-refractivity contribution in [1.82, 2.24) is 10.6 Å². The van der Waals surface area contributed by atoms with Crippen molar-refractivity contribution in [1.29, 1.82) is 0 Å². The monoisotopic (exact) mass is 604 g/mol. The second kappa shape index (κ2) is 19.8. The summed E-state index contributed by atoms with van der Waals surface area (Å²) in [4.78, 5) is 92.8. The minimum atomic E-state index is -1.28. The van der Waals surface area contributed by atoms with Gasteiger partial charge < -0.3 is 39.1 Å². The van der Waals surface area contributed by atoms with Gasteiger partial charge in [0.2, 0.25) is 11.8 Å². The highest BCUT2D eigenvalue weighted by molar-refractivity contribution is 5.83. The van der Waals surface area contributed by atoms with Crippen LogP contribution in [-0.4, -0.2) is 99.4 Å². The molecule has 0 saturated carbocycles. The number of nitrogens with one attached hydrogen (secondary N) is 2. The Morgan fingerprint density at radius 2 is 0.881 bits per heavy atom. The van der Waals surface area contributed by atoms with Gasteiger partial charge in [-0.2, -0.15) is 0 Å². The van der Waals surface area contributed by atoms with Crippen molar-refractivity contribution in [3.63, 3.8) is 0 Å². The zero-order chi connectivity index (χ0) is 32.3. The average Bonchev–Trinajstić information content (AvgIpc) is 2.87. The minimum absolute atomic E-state index is 0.163. The van der Waals surface area contributed by atoms with Gasteiger partial charge in [0.05, 0.1) is 26.4 Å². The first kappa shape index (κ1) is 37.8. The quantitative estimate of drug-likeness (QED) is 0.138. The van der Waals surface area contributed by atoms with Crippen LogP contribution in [0.1, 0.15) is 54.4 Å². The van der Waals surface area contributed by atoms with E-state index in [9.17, 15) is 38.4 Å². The van der Waals surface area contributed by atoms with Gasteiger partial charge in [0.25, 0.3) is 0 Å². The first-order chi connectivity index (χ1) is 19.5.